The highest BCUT2D eigenvalue weighted by molar-refractivity contribution is 5.16. The zero-order valence-electron chi connectivity index (χ0n) is 16.9. The molecule has 3 aliphatic rings. The first-order valence-electron chi connectivity index (χ1n) is 10.9. The van der Waals surface area contributed by atoms with Crippen LogP contribution in [0.3, 0.4) is 0 Å². The van der Waals surface area contributed by atoms with Crippen LogP contribution in [-0.2, 0) is 13.1 Å². The number of aryl methyl sites for hydroxylation is 1. The number of hydrogen-bond donors (Lipinski definition) is 0. The molecule has 0 bridgehead atoms. The van der Waals surface area contributed by atoms with E-state index in [1.54, 1.807) is 0 Å². The van der Waals surface area contributed by atoms with Gasteiger partial charge in [-0.3, -0.25) is 14.5 Å². The van der Waals surface area contributed by atoms with Crippen molar-refractivity contribution < 1.29 is 0 Å². The molecule has 146 valence electrons. The SMILES string of the molecule is CCN1CCN(CCn2cc(CN3CCC4(CCCC4)C3)c(C)n2)CC1. The largest absolute Gasteiger partial charge is 0.301 e. The van der Waals surface area contributed by atoms with Crippen molar-refractivity contribution in [1.29, 1.82) is 0 Å². The summed E-state index contributed by atoms with van der Waals surface area (Å²) in [4.78, 5) is 7.82. The molecule has 1 saturated carbocycles. The van der Waals surface area contributed by atoms with Crippen LogP contribution in [0.5, 0.6) is 0 Å². The maximum Gasteiger partial charge on any atom is 0.0638 e. The van der Waals surface area contributed by atoms with Crippen molar-refractivity contribution in [2.75, 3.05) is 52.4 Å². The van der Waals surface area contributed by atoms with Crippen LogP contribution in [0.15, 0.2) is 6.20 Å². The number of likely N-dealkylation sites (tertiary alicyclic amines) is 1. The minimum Gasteiger partial charge on any atom is -0.301 e. The first kappa shape index (κ1) is 18.5. The van der Waals surface area contributed by atoms with E-state index in [1.807, 2.05) is 0 Å². The Morgan fingerprint density at radius 1 is 0.923 bits per heavy atom. The van der Waals surface area contributed by atoms with Crippen LogP contribution >= 0.6 is 0 Å². The minimum absolute atomic E-state index is 0.671. The van der Waals surface area contributed by atoms with Gasteiger partial charge < -0.3 is 4.90 Å². The van der Waals surface area contributed by atoms with E-state index in [9.17, 15) is 0 Å². The molecular weight excluding hydrogens is 322 g/mol. The summed E-state index contributed by atoms with van der Waals surface area (Å²) < 4.78 is 2.19. The normalized spacial score (nSPS) is 24.8. The Morgan fingerprint density at radius 3 is 2.38 bits per heavy atom. The van der Waals surface area contributed by atoms with Gasteiger partial charge in [0.05, 0.1) is 12.2 Å². The van der Waals surface area contributed by atoms with E-state index in [2.05, 4.69) is 39.4 Å². The quantitative estimate of drug-likeness (QED) is 0.780. The standard InChI is InChI=1S/C21H37N5/c1-3-23-10-12-24(13-11-23)14-15-26-17-20(19(2)22-26)16-25-9-8-21(18-25)6-4-5-7-21/h17H,3-16,18H2,1-2H3. The number of likely N-dealkylation sites (N-methyl/N-ethyl adjacent to an activating group) is 1. The molecule has 5 heteroatoms. The summed E-state index contributed by atoms with van der Waals surface area (Å²) in [6.07, 6.45) is 9.58. The van der Waals surface area contributed by atoms with Gasteiger partial charge in [-0.1, -0.05) is 19.8 Å². The van der Waals surface area contributed by atoms with Gasteiger partial charge in [-0.25, -0.2) is 0 Å². The van der Waals surface area contributed by atoms with Crippen LogP contribution in [0.25, 0.3) is 0 Å². The van der Waals surface area contributed by atoms with Crippen molar-refractivity contribution in [2.45, 2.75) is 59.0 Å². The molecule has 0 amide bonds. The lowest BCUT2D eigenvalue weighted by Gasteiger charge is -2.33. The number of nitrogens with zero attached hydrogens (tertiary/aromatic N) is 5. The highest BCUT2D eigenvalue weighted by Gasteiger charge is 2.40. The van der Waals surface area contributed by atoms with E-state index in [4.69, 9.17) is 5.10 Å². The van der Waals surface area contributed by atoms with E-state index in [1.165, 1.54) is 89.2 Å². The molecule has 3 fully saturated rings. The summed E-state index contributed by atoms with van der Waals surface area (Å²) in [5.74, 6) is 0. The van der Waals surface area contributed by atoms with Crippen LogP contribution in [0.1, 0.15) is 50.3 Å². The molecule has 5 nitrogen and oxygen atoms in total. The van der Waals surface area contributed by atoms with Gasteiger partial charge in [-0.2, -0.15) is 5.10 Å². The van der Waals surface area contributed by atoms with Gasteiger partial charge in [0.1, 0.15) is 0 Å². The summed E-state index contributed by atoms with van der Waals surface area (Å²) in [5.41, 5.74) is 3.34. The first-order chi connectivity index (χ1) is 12.7. The third-order valence-corrected chi connectivity index (χ3v) is 7.18. The predicted octanol–water partition coefficient (Wildman–Crippen LogP) is 2.60. The van der Waals surface area contributed by atoms with E-state index in [-0.39, 0.29) is 0 Å². The lowest BCUT2D eigenvalue weighted by Crippen LogP contribution is -2.46. The van der Waals surface area contributed by atoms with Gasteiger partial charge in [0, 0.05) is 57.6 Å². The molecule has 0 unspecified atom stereocenters. The molecule has 2 aliphatic heterocycles. The van der Waals surface area contributed by atoms with E-state index in [0.717, 1.165) is 19.6 Å². The van der Waals surface area contributed by atoms with Gasteiger partial charge in [-0.05, 0) is 44.7 Å². The summed E-state index contributed by atoms with van der Waals surface area (Å²) in [6, 6.07) is 0. The Hall–Kier alpha value is -0.910. The molecule has 26 heavy (non-hydrogen) atoms. The highest BCUT2D eigenvalue weighted by atomic mass is 15.3. The van der Waals surface area contributed by atoms with Gasteiger partial charge >= 0.3 is 0 Å². The molecular formula is C21H37N5. The van der Waals surface area contributed by atoms with Crippen molar-refractivity contribution in [2.24, 2.45) is 5.41 Å². The number of aromatic nitrogens is 2. The van der Waals surface area contributed by atoms with Gasteiger partial charge in [0.15, 0.2) is 0 Å². The molecule has 1 aromatic rings. The number of hydrogen-bond acceptors (Lipinski definition) is 4. The van der Waals surface area contributed by atoms with Crippen molar-refractivity contribution in [3.8, 4) is 0 Å². The average molecular weight is 360 g/mol. The highest BCUT2D eigenvalue weighted by Crippen LogP contribution is 2.45. The Balaban J connectivity index is 1.26. The Morgan fingerprint density at radius 2 is 1.65 bits per heavy atom. The van der Waals surface area contributed by atoms with E-state index >= 15 is 0 Å². The summed E-state index contributed by atoms with van der Waals surface area (Å²) >= 11 is 0. The summed E-state index contributed by atoms with van der Waals surface area (Å²) in [7, 11) is 0. The van der Waals surface area contributed by atoms with Gasteiger partial charge in [-0.15, -0.1) is 0 Å². The second-order valence-corrected chi connectivity index (χ2v) is 8.95. The molecule has 3 heterocycles. The molecule has 0 N–H and O–H groups in total. The molecule has 1 aromatic heterocycles. The molecule has 1 spiro atoms. The molecule has 0 aromatic carbocycles. The summed E-state index contributed by atoms with van der Waals surface area (Å²) in [6.45, 7) is 16.3. The molecule has 0 radical (unpaired) electrons. The molecule has 2 saturated heterocycles. The Kier molecular flexibility index (Phi) is 5.67. The smallest absolute Gasteiger partial charge is 0.0638 e. The minimum atomic E-state index is 0.671. The number of rotatable bonds is 6. The zero-order chi connectivity index (χ0) is 18.0. The van der Waals surface area contributed by atoms with Gasteiger partial charge in [0.25, 0.3) is 0 Å². The van der Waals surface area contributed by atoms with E-state index < -0.39 is 0 Å². The fourth-order valence-corrected chi connectivity index (χ4v) is 5.34. The second kappa shape index (κ2) is 7.99. The molecule has 0 atom stereocenters. The lowest BCUT2D eigenvalue weighted by atomic mass is 9.86. The van der Waals surface area contributed by atoms with Crippen LogP contribution in [-0.4, -0.2) is 76.8 Å². The topological polar surface area (TPSA) is 27.5 Å². The maximum atomic E-state index is 4.81. The second-order valence-electron chi connectivity index (χ2n) is 8.95. The monoisotopic (exact) mass is 359 g/mol. The van der Waals surface area contributed by atoms with Crippen LogP contribution < -0.4 is 0 Å². The Bertz CT molecular complexity index is 581. The van der Waals surface area contributed by atoms with Gasteiger partial charge in [0.2, 0.25) is 0 Å². The van der Waals surface area contributed by atoms with E-state index in [0.29, 0.717) is 5.41 Å². The predicted molar refractivity (Wildman–Crippen MR) is 106 cm³/mol. The van der Waals surface area contributed by atoms with Crippen LogP contribution in [0, 0.1) is 12.3 Å². The third kappa shape index (κ3) is 4.15. The Labute approximate surface area is 159 Å². The molecule has 4 rings (SSSR count). The van der Waals surface area contributed by atoms with Crippen LogP contribution in [0.4, 0.5) is 0 Å². The fraction of sp³-hybridized carbons (Fsp3) is 0.857. The van der Waals surface area contributed by atoms with Crippen molar-refractivity contribution in [3.05, 3.63) is 17.5 Å². The summed E-state index contributed by atoms with van der Waals surface area (Å²) in [5, 5.41) is 4.81. The fourth-order valence-electron chi connectivity index (χ4n) is 5.34. The first-order valence-corrected chi connectivity index (χ1v) is 10.9. The van der Waals surface area contributed by atoms with Crippen molar-refractivity contribution in [1.82, 2.24) is 24.5 Å². The molecule has 1 aliphatic carbocycles. The zero-order valence-corrected chi connectivity index (χ0v) is 16.9. The lowest BCUT2D eigenvalue weighted by molar-refractivity contribution is 0.133. The number of piperazine rings is 1. The van der Waals surface area contributed by atoms with Crippen LogP contribution in [0.2, 0.25) is 0 Å². The van der Waals surface area contributed by atoms with Crippen molar-refractivity contribution in [3.63, 3.8) is 0 Å². The third-order valence-electron chi connectivity index (χ3n) is 7.18. The average Bonchev–Trinajstić information content (AvgIpc) is 3.37. The van der Waals surface area contributed by atoms with Crippen molar-refractivity contribution >= 4 is 0 Å². The maximum absolute atomic E-state index is 4.81.